The number of pyridine rings is 1. The number of benzene rings is 2. The maximum Gasteiger partial charge on any atom is 0.286 e. The molecule has 3 rings (SSSR count). The number of carbonyl (C=O) groups excluding carboxylic acids is 2. The van der Waals surface area contributed by atoms with Crippen LogP contribution in [0.4, 0.5) is 10.5 Å². The first-order valence-electron chi connectivity index (χ1n) is 8.51. The molecule has 0 radical (unpaired) electrons. The van der Waals surface area contributed by atoms with Gasteiger partial charge in [-0.25, -0.2) is 4.98 Å². The Morgan fingerprint density at radius 1 is 0.929 bits per heavy atom. The quantitative estimate of drug-likeness (QED) is 0.583. The highest BCUT2D eigenvalue weighted by Gasteiger charge is 2.13. The highest BCUT2D eigenvalue weighted by Crippen LogP contribution is 2.29. The molecule has 0 fully saturated rings. The maximum atomic E-state index is 12.6. The number of hydrogen-bond donors (Lipinski definition) is 1. The van der Waals surface area contributed by atoms with Gasteiger partial charge in [0.05, 0.1) is 5.69 Å². The Kier molecular flexibility index (Phi) is 6.73. The Labute approximate surface area is 172 Å². The minimum atomic E-state index is -0.222. The van der Waals surface area contributed by atoms with Crippen molar-refractivity contribution in [3.05, 3.63) is 78.5 Å². The molecule has 0 unspecified atom stereocenters. The average Bonchev–Trinajstić information content (AvgIpc) is 2.70. The van der Waals surface area contributed by atoms with Crippen LogP contribution >= 0.6 is 23.5 Å². The molecule has 2 amide bonds. The van der Waals surface area contributed by atoms with E-state index >= 15 is 0 Å². The lowest BCUT2D eigenvalue weighted by atomic mass is 10.2. The smallest absolute Gasteiger partial charge is 0.286 e. The van der Waals surface area contributed by atoms with Gasteiger partial charge in [0.1, 0.15) is 5.03 Å². The summed E-state index contributed by atoms with van der Waals surface area (Å²) < 4.78 is 0. The number of carbonyl (C=O) groups is 2. The Morgan fingerprint density at radius 3 is 2.32 bits per heavy atom. The fourth-order valence-corrected chi connectivity index (χ4v) is 3.76. The average molecular weight is 410 g/mol. The second-order valence-corrected chi connectivity index (χ2v) is 8.09. The molecular weight excluding hydrogens is 390 g/mol. The first kappa shape index (κ1) is 20.0. The highest BCUT2D eigenvalue weighted by molar-refractivity contribution is 8.13. The number of hydrogen-bond acceptors (Lipinski definition) is 5. The molecule has 142 valence electrons. The van der Waals surface area contributed by atoms with E-state index in [1.165, 1.54) is 16.7 Å². The summed E-state index contributed by atoms with van der Waals surface area (Å²) in [7, 11) is 3.39. The lowest BCUT2D eigenvalue weighted by Crippen LogP contribution is -2.17. The fraction of sp³-hybridized carbons (Fsp3) is 0.0952. The van der Waals surface area contributed by atoms with Crippen LogP contribution in [0.15, 0.2) is 87.7 Å². The van der Waals surface area contributed by atoms with Gasteiger partial charge in [-0.1, -0.05) is 30.0 Å². The molecule has 0 saturated heterocycles. The molecule has 7 heteroatoms. The summed E-state index contributed by atoms with van der Waals surface area (Å²) in [4.78, 5) is 32.1. The van der Waals surface area contributed by atoms with E-state index in [2.05, 4.69) is 10.3 Å². The van der Waals surface area contributed by atoms with Gasteiger partial charge in [0.25, 0.3) is 11.1 Å². The molecule has 0 aliphatic rings. The number of rotatable bonds is 5. The van der Waals surface area contributed by atoms with Crippen LogP contribution in [0.1, 0.15) is 10.4 Å². The summed E-state index contributed by atoms with van der Waals surface area (Å²) in [5.74, 6) is -0.222. The predicted molar refractivity (Wildman–Crippen MR) is 114 cm³/mol. The van der Waals surface area contributed by atoms with Crippen molar-refractivity contribution in [2.75, 3.05) is 19.4 Å². The van der Waals surface area contributed by atoms with Crippen LogP contribution in [0, 0.1) is 0 Å². The van der Waals surface area contributed by atoms with Crippen LogP contribution < -0.4 is 5.32 Å². The fourth-order valence-electron chi connectivity index (χ4n) is 2.24. The summed E-state index contributed by atoms with van der Waals surface area (Å²) in [6, 6.07) is 20.4. The van der Waals surface area contributed by atoms with E-state index in [0.717, 1.165) is 21.7 Å². The van der Waals surface area contributed by atoms with Gasteiger partial charge in [-0.15, -0.1) is 0 Å². The summed E-state index contributed by atoms with van der Waals surface area (Å²) in [5.41, 5.74) is 1.16. The lowest BCUT2D eigenvalue weighted by molar-refractivity contribution is 0.102. The molecule has 0 atom stereocenters. The molecule has 0 spiro atoms. The molecule has 28 heavy (non-hydrogen) atoms. The van der Waals surface area contributed by atoms with E-state index in [0.29, 0.717) is 16.1 Å². The van der Waals surface area contributed by atoms with E-state index in [1.807, 2.05) is 48.5 Å². The van der Waals surface area contributed by atoms with E-state index in [1.54, 1.807) is 38.5 Å². The molecule has 0 aliphatic heterocycles. The third-order valence-corrected chi connectivity index (χ3v) is 5.75. The van der Waals surface area contributed by atoms with Gasteiger partial charge in [0.15, 0.2) is 0 Å². The maximum absolute atomic E-state index is 12.6. The lowest BCUT2D eigenvalue weighted by Gasteiger charge is -2.13. The van der Waals surface area contributed by atoms with Crippen LogP contribution in [0.3, 0.4) is 0 Å². The van der Waals surface area contributed by atoms with Gasteiger partial charge in [0.2, 0.25) is 0 Å². The van der Waals surface area contributed by atoms with E-state index in [4.69, 9.17) is 0 Å². The van der Waals surface area contributed by atoms with Crippen molar-refractivity contribution in [3.63, 3.8) is 0 Å². The van der Waals surface area contributed by atoms with Crippen molar-refractivity contribution < 1.29 is 9.59 Å². The van der Waals surface area contributed by atoms with Gasteiger partial charge in [0, 0.05) is 35.6 Å². The second kappa shape index (κ2) is 9.43. The van der Waals surface area contributed by atoms with E-state index in [9.17, 15) is 9.59 Å². The molecule has 2 aromatic carbocycles. The molecule has 0 aliphatic carbocycles. The minimum absolute atomic E-state index is 0.0994. The minimum Gasteiger partial charge on any atom is -0.339 e. The summed E-state index contributed by atoms with van der Waals surface area (Å²) in [6.45, 7) is 0. The third kappa shape index (κ3) is 5.37. The van der Waals surface area contributed by atoms with Crippen LogP contribution in [-0.2, 0) is 0 Å². The number of anilines is 1. The van der Waals surface area contributed by atoms with Crippen LogP contribution in [0.5, 0.6) is 0 Å². The Balaban J connectivity index is 1.69. The Bertz CT molecular complexity index is 961. The Hall–Kier alpha value is -2.77. The van der Waals surface area contributed by atoms with E-state index in [-0.39, 0.29) is 11.1 Å². The van der Waals surface area contributed by atoms with Crippen molar-refractivity contribution >= 4 is 40.4 Å². The normalized spacial score (nSPS) is 10.4. The largest absolute Gasteiger partial charge is 0.339 e. The molecule has 0 saturated carbocycles. The van der Waals surface area contributed by atoms with Crippen molar-refractivity contribution in [1.29, 1.82) is 0 Å². The number of para-hydroxylation sites is 1. The highest BCUT2D eigenvalue weighted by atomic mass is 32.2. The zero-order chi connectivity index (χ0) is 19.9. The molecule has 5 nitrogen and oxygen atoms in total. The van der Waals surface area contributed by atoms with Crippen molar-refractivity contribution in [2.45, 2.75) is 14.8 Å². The standard InChI is InChI=1S/C21H19N3O2S2/c1-24(2)21(26)28-18-8-4-3-7-17(18)23-20(25)15-10-12-16(13-11-15)27-19-9-5-6-14-22-19/h3-14H,1-2H3,(H,23,25). The Morgan fingerprint density at radius 2 is 1.64 bits per heavy atom. The molecule has 3 aromatic rings. The van der Waals surface area contributed by atoms with Gasteiger partial charge in [-0.3, -0.25) is 9.59 Å². The zero-order valence-electron chi connectivity index (χ0n) is 15.5. The van der Waals surface area contributed by atoms with Gasteiger partial charge < -0.3 is 10.2 Å². The van der Waals surface area contributed by atoms with Crippen LogP contribution in [0.2, 0.25) is 0 Å². The number of nitrogens with one attached hydrogen (secondary N) is 1. The number of thioether (sulfide) groups is 1. The van der Waals surface area contributed by atoms with Gasteiger partial charge in [-0.05, 0) is 60.3 Å². The molecular formula is C21H19N3O2S2. The topological polar surface area (TPSA) is 62.3 Å². The molecule has 0 bridgehead atoms. The number of nitrogens with zero attached hydrogens (tertiary/aromatic N) is 2. The third-order valence-electron chi connectivity index (χ3n) is 3.67. The monoisotopic (exact) mass is 409 g/mol. The second-order valence-electron chi connectivity index (χ2n) is 6.01. The zero-order valence-corrected chi connectivity index (χ0v) is 17.1. The van der Waals surface area contributed by atoms with E-state index < -0.39 is 0 Å². The number of aromatic nitrogens is 1. The summed E-state index contributed by atoms with van der Waals surface area (Å²) in [6.07, 6.45) is 1.75. The van der Waals surface area contributed by atoms with Crippen molar-refractivity contribution in [2.24, 2.45) is 0 Å². The van der Waals surface area contributed by atoms with Gasteiger partial charge >= 0.3 is 0 Å². The summed E-state index contributed by atoms with van der Waals surface area (Å²) in [5, 5.41) is 3.69. The van der Waals surface area contributed by atoms with Crippen LogP contribution in [0.25, 0.3) is 0 Å². The first-order chi connectivity index (χ1) is 13.5. The van der Waals surface area contributed by atoms with Crippen molar-refractivity contribution in [1.82, 2.24) is 9.88 Å². The molecule has 1 aromatic heterocycles. The molecule has 1 N–H and O–H groups in total. The summed E-state index contributed by atoms with van der Waals surface area (Å²) >= 11 is 2.62. The number of amides is 2. The van der Waals surface area contributed by atoms with Crippen LogP contribution in [-0.4, -0.2) is 35.1 Å². The first-order valence-corrected chi connectivity index (χ1v) is 10.1. The van der Waals surface area contributed by atoms with Crippen molar-refractivity contribution in [3.8, 4) is 0 Å². The molecule has 1 heterocycles. The predicted octanol–water partition coefficient (Wildman–Crippen LogP) is 5.26. The SMILES string of the molecule is CN(C)C(=O)Sc1ccccc1NC(=O)c1ccc(Sc2ccccn2)cc1. The van der Waals surface area contributed by atoms with Gasteiger partial charge in [-0.2, -0.15) is 0 Å².